The van der Waals surface area contributed by atoms with Crippen LogP contribution in [-0.4, -0.2) is 10.2 Å². The van der Waals surface area contributed by atoms with Crippen LogP contribution >= 0.6 is 11.6 Å². The molecule has 0 saturated carbocycles. The summed E-state index contributed by atoms with van der Waals surface area (Å²) in [4.78, 5) is 0. The number of halogens is 2. The molecule has 5 heteroatoms. The van der Waals surface area contributed by atoms with Crippen molar-refractivity contribution in [2.75, 3.05) is 5.73 Å². The fourth-order valence-corrected chi connectivity index (χ4v) is 1.96. The Morgan fingerprint density at radius 3 is 2.88 bits per heavy atom. The highest BCUT2D eigenvalue weighted by Gasteiger charge is 2.15. The number of nitrogens with one attached hydrogen (secondary N) is 1. The van der Waals surface area contributed by atoms with Gasteiger partial charge < -0.3 is 5.73 Å². The smallest absolute Gasteiger partial charge is 0.149 e. The average molecular weight is 254 g/mol. The van der Waals surface area contributed by atoms with Gasteiger partial charge in [-0.2, -0.15) is 5.10 Å². The third-order valence-electron chi connectivity index (χ3n) is 2.60. The van der Waals surface area contributed by atoms with E-state index in [9.17, 15) is 4.39 Å². The number of rotatable bonds is 3. The van der Waals surface area contributed by atoms with Crippen LogP contribution in [-0.2, 0) is 6.42 Å². The molecule has 0 aliphatic carbocycles. The SMILES string of the molecule is CCCc1c(N)n[nH]c1-c1ccc(Cl)cc1F. The number of nitrogens with two attached hydrogens (primary N) is 1. The van der Waals surface area contributed by atoms with Gasteiger partial charge in [0.05, 0.1) is 5.69 Å². The van der Waals surface area contributed by atoms with Crippen LogP contribution in [0.2, 0.25) is 5.02 Å². The number of aromatic amines is 1. The number of H-pyrrole nitrogens is 1. The minimum absolute atomic E-state index is 0.371. The number of hydrogen-bond donors (Lipinski definition) is 2. The summed E-state index contributed by atoms with van der Waals surface area (Å²) in [5.74, 6) is 0.0507. The van der Waals surface area contributed by atoms with Crippen LogP contribution in [0.4, 0.5) is 10.2 Å². The zero-order chi connectivity index (χ0) is 12.4. The first kappa shape index (κ1) is 11.9. The van der Waals surface area contributed by atoms with Crippen molar-refractivity contribution >= 4 is 17.4 Å². The van der Waals surface area contributed by atoms with Crippen LogP contribution in [0.3, 0.4) is 0 Å². The van der Waals surface area contributed by atoms with E-state index in [1.165, 1.54) is 6.07 Å². The van der Waals surface area contributed by atoms with Gasteiger partial charge in [-0.05, 0) is 24.6 Å². The second kappa shape index (κ2) is 4.75. The Kier molecular flexibility index (Phi) is 3.33. The molecular weight excluding hydrogens is 241 g/mol. The van der Waals surface area contributed by atoms with E-state index in [0.29, 0.717) is 22.1 Å². The van der Waals surface area contributed by atoms with Crippen molar-refractivity contribution in [2.45, 2.75) is 19.8 Å². The van der Waals surface area contributed by atoms with E-state index in [0.717, 1.165) is 18.4 Å². The minimum Gasteiger partial charge on any atom is -0.382 e. The number of hydrogen-bond acceptors (Lipinski definition) is 2. The lowest BCUT2D eigenvalue weighted by Crippen LogP contribution is -1.94. The van der Waals surface area contributed by atoms with Crippen molar-refractivity contribution in [3.63, 3.8) is 0 Å². The molecule has 1 aromatic heterocycles. The summed E-state index contributed by atoms with van der Waals surface area (Å²) in [6.45, 7) is 2.04. The van der Waals surface area contributed by atoms with Crippen molar-refractivity contribution < 1.29 is 4.39 Å². The quantitative estimate of drug-likeness (QED) is 0.881. The van der Waals surface area contributed by atoms with Crippen LogP contribution in [0.5, 0.6) is 0 Å². The number of nitrogens with zero attached hydrogens (tertiary/aromatic N) is 1. The summed E-state index contributed by atoms with van der Waals surface area (Å²) in [6.07, 6.45) is 1.69. The molecule has 1 aromatic carbocycles. The minimum atomic E-state index is -0.376. The Morgan fingerprint density at radius 2 is 2.24 bits per heavy atom. The van der Waals surface area contributed by atoms with Gasteiger partial charge in [0.1, 0.15) is 11.6 Å². The Bertz CT molecular complexity index is 537. The van der Waals surface area contributed by atoms with E-state index >= 15 is 0 Å². The zero-order valence-corrected chi connectivity index (χ0v) is 10.2. The molecule has 0 saturated heterocycles. The third kappa shape index (κ3) is 2.26. The molecule has 1 heterocycles. The Morgan fingerprint density at radius 1 is 1.47 bits per heavy atom. The molecule has 17 heavy (non-hydrogen) atoms. The highest BCUT2D eigenvalue weighted by Crippen LogP contribution is 2.29. The van der Waals surface area contributed by atoms with E-state index in [1.807, 2.05) is 6.92 Å². The molecule has 90 valence electrons. The maximum Gasteiger partial charge on any atom is 0.149 e. The summed E-state index contributed by atoms with van der Waals surface area (Å²) >= 11 is 5.72. The lowest BCUT2D eigenvalue weighted by atomic mass is 10.0. The second-order valence-electron chi connectivity index (χ2n) is 3.84. The standard InChI is InChI=1S/C12H13ClFN3/c1-2-3-9-11(16-17-12(9)15)8-5-4-7(13)6-10(8)14/h4-6H,2-3H2,1H3,(H3,15,16,17). The molecular formula is C12H13ClFN3. The molecule has 0 radical (unpaired) electrons. The molecule has 0 aliphatic heterocycles. The molecule has 0 bridgehead atoms. The Balaban J connectivity index is 2.52. The van der Waals surface area contributed by atoms with Gasteiger partial charge in [0, 0.05) is 16.1 Å². The normalized spacial score (nSPS) is 10.8. The highest BCUT2D eigenvalue weighted by atomic mass is 35.5. The van der Waals surface area contributed by atoms with Crippen LogP contribution in [0, 0.1) is 5.82 Å². The topological polar surface area (TPSA) is 54.7 Å². The molecule has 3 nitrogen and oxygen atoms in total. The van der Waals surface area contributed by atoms with E-state index in [4.69, 9.17) is 17.3 Å². The third-order valence-corrected chi connectivity index (χ3v) is 2.83. The summed E-state index contributed by atoms with van der Waals surface area (Å²) in [6, 6.07) is 4.56. The van der Waals surface area contributed by atoms with Crippen molar-refractivity contribution in [3.05, 3.63) is 34.6 Å². The maximum atomic E-state index is 13.8. The van der Waals surface area contributed by atoms with Crippen LogP contribution < -0.4 is 5.73 Å². The van der Waals surface area contributed by atoms with E-state index in [1.54, 1.807) is 12.1 Å². The van der Waals surface area contributed by atoms with Gasteiger partial charge in [0.25, 0.3) is 0 Å². The zero-order valence-electron chi connectivity index (χ0n) is 9.43. The van der Waals surface area contributed by atoms with E-state index in [2.05, 4.69) is 10.2 Å². The number of anilines is 1. The van der Waals surface area contributed by atoms with Crippen molar-refractivity contribution in [3.8, 4) is 11.3 Å². The van der Waals surface area contributed by atoms with Gasteiger partial charge in [-0.1, -0.05) is 24.9 Å². The van der Waals surface area contributed by atoms with Crippen molar-refractivity contribution in [2.24, 2.45) is 0 Å². The maximum absolute atomic E-state index is 13.8. The summed E-state index contributed by atoms with van der Waals surface area (Å²) < 4.78 is 13.8. The van der Waals surface area contributed by atoms with E-state index < -0.39 is 0 Å². The largest absolute Gasteiger partial charge is 0.382 e. The first-order chi connectivity index (χ1) is 8.13. The fourth-order valence-electron chi connectivity index (χ4n) is 1.80. The lowest BCUT2D eigenvalue weighted by molar-refractivity contribution is 0.630. The lowest BCUT2D eigenvalue weighted by Gasteiger charge is -2.04. The molecule has 0 atom stereocenters. The van der Waals surface area contributed by atoms with Crippen LogP contribution in [0.1, 0.15) is 18.9 Å². The molecule has 3 N–H and O–H groups in total. The number of benzene rings is 1. The first-order valence-corrected chi connectivity index (χ1v) is 5.79. The predicted molar refractivity (Wildman–Crippen MR) is 67.4 cm³/mol. The molecule has 0 spiro atoms. The van der Waals surface area contributed by atoms with Gasteiger partial charge in [0.15, 0.2) is 0 Å². The predicted octanol–water partition coefficient (Wildman–Crippen LogP) is 3.40. The van der Waals surface area contributed by atoms with Gasteiger partial charge in [-0.3, -0.25) is 5.10 Å². The van der Waals surface area contributed by atoms with Crippen molar-refractivity contribution in [1.29, 1.82) is 0 Å². The fraction of sp³-hybridized carbons (Fsp3) is 0.250. The average Bonchev–Trinajstić information content (AvgIpc) is 2.62. The summed E-state index contributed by atoms with van der Waals surface area (Å²) in [7, 11) is 0. The molecule has 2 aromatic rings. The van der Waals surface area contributed by atoms with E-state index in [-0.39, 0.29) is 5.82 Å². The molecule has 0 unspecified atom stereocenters. The van der Waals surface area contributed by atoms with Gasteiger partial charge in [-0.25, -0.2) is 4.39 Å². The van der Waals surface area contributed by atoms with Gasteiger partial charge in [0.2, 0.25) is 0 Å². The summed E-state index contributed by atoms with van der Waals surface area (Å²) in [5, 5.41) is 7.08. The number of nitrogen functional groups attached to an aromatic ring is 1. The number of aromatic nitrogens is 2. The monoisotopic (exact) mass is 253 g/mol. The Hall–Kier alpha value is -1.55. The Labute approximate surface area is 104 Å². The van der Waals surface area contributed by atoms with Crippen molar-refractivity contribution in [1.82, 2.24) is 10.2 Å². The molecule has 0 aliphatic rings. The second-order valence-corrected chi connectivity index (χ2v) is 4.27. The van der Waals surface area contributed by atoms with Crippen LogP contribution in [0.25, 0.3) is 11.3 Å². The first-order valence-electron chi connectivity index (χ1n) is 5.41. The van der Waals surface area contributed by atoms with Gasteiger partial charge >= 0.3 is 0 Å². The molecule has 2 rings (SSSR count). The van der Waals surface area contributed by atoms with Gasteiger partial charge in [-0.15, -0.1) is 0 Å². The molecule has 0 amide bonds. The molecule has 0 fully saturated rings. The summed E-state index contributed by atoms with van der Waals surface area (Å²) in [5.41, 5.74) is 7.69. The highest BCUT2D eigenvalue weighted by molar-refractivity contribution is 6.30. The van der Waals surface area contributed by atoms with Crippen LogP contribution in [0.15, 0.2) is 18.2 Å².